The first kappa shape index (κ1) is 22.3. The Morgan fingerprint density at radius 3 is 2.10 bits per heavy atom. The van der Waals surface area contributed by atoms with Gasteiger partial charge >= 0.3 is 0 Å². The molecule has 4 fully saturated rings. The van der Waals surface area contributed by atoms with Crippen molar-refractivity contribution in [1.82, 2.24) is 9.80 Å². The summed E-state index contributed by atoms with van der Waals surface area (Å²) < 4.78 is 6.26. The zero-order valence-corrected chi connectivity index (χ0v) is 19.6. The van der Waals surface area contributed by atoms with Crippen LogP contribution in [0.4, 0.5) is 0 Å². The number of morpholine rings is 1. The number of ether oxygens (including phenoxy) is 1. The Kier molecular flexibility index (Phi) is 6.33. The van der Waals surface area contributed by atoms with Crippen LogP contribution in [0, 0.1) is 23.2 Å². The summed E-state index contributed by atoms with van der Waals surface area (Å²) in [5.41, 5.74) is 0.408. The average Bonchev–Trinajstić information content (AvgIpc) is 2.72. The zero-order valence-electron chi connectivity index (χ0n) is 19.6. The van der Waals surface area contributed by atoms with E-state index in [4.69, 9.17) is 4.74 Å². The molecule has 5 heteroatoms. The molecule has 2 spiro atoms. The minimum Gasteiger partial charge on any atom is -0.371 e. The number of carbonyl (C=O) groups is 2. The van der Waals surface area contributed by atoms with Crippen molar-refractivity contribution >= 4 is 11.7 Å². The summed E-state index contributed by atoms with van der Waals surface area (Å²) in [6.07, 6.45) is 9.45. The van der Waals surface area contributed by atoms with Crippen LogP contribution in [0.5, 0.6) is 0 Å². The number of carbonyl (C=O) groups excluding carboxylic acids is 2. The molecule has 4 aliphatic rings. The molecule has 2 aliphatic carbocycles. The maximum atomic E-state index is 12.5. The first-order chi connectivity index (χ1) is 14.2. The number of ketones is 1. The lowest BCUT2D eigenvalue weighted by Gasteiger charge is -2.57. The average molecular weight is 419 g/mol. The van der Waals surface area contributed by atoms with Crippen molar-refractivity contribution in [2.75, 3.05) is 32.8 Å². The smallest absolute Gasteiger partial charge is 0.225 e. The van der Waals surface area contributed by atoms with Crippen LogP contribution in [-0.2, 0) is 14.3 Å². The number of piperidine rings is 1. The van der Waals surface area contributed by atoms with Gasteiger partial charge in [0.1, 0.15) is 5.78 Å². The minimum atomic E-state index is -0.115. The van der Waals surface area contributed by atoms with Gasteiger partial charge in [0.15, 0.2) is 0 Å². The second-order valence-corrected chi connectivity index (χ2v) is 11.4. The standard InChI is InChI=1S/C25H42N2O3/c1-18(2)22(28)20-5-7-24(8-6-20)15-21(16-24)26-11-9-25(10-12-26)17-27(13-14-30-25)23(29)19(3)4/h18-21H,5-17H2,1-4H3. The quantitative estimate of drug-likeness (QED) is 0.695. The first-order valence-electron chi connectivity index (χ1n) is 12.4. The van der Waals surface area contributed by atoms with Crippen LogP contribution in [-0.4, -0.2) is 65.9 Å². The summed E-state index contributed by atoms with van der Waals surface area (Å²) in [6, 6.07) is 0.719. The van der Waals surface area contributed by atoms with Gasteiger partial charge in [-0.2, -0.15) is 0 Å². The van der Waals surface area contributed by atoms with Crippen molar-refractivity contribution in [2.24, 2.45) is 23.2 Å². The van der Waals surface area contributed by atoms with Gasteiger partial charge in [0, 0.05) is 50.0 Å². The van der Waals surface area contributed by atoms with Gasteiger partial charge in [-0.25, -0.2) is 0 Å². The van der Waals surface area contributed by atoms with Gasteiger partial charge in [0.2, 0.25) is 5.91 Å². The number of likely N-dealkylation sites (tertiary alicyclic amines) is 1. The van der Waals surface area contributed by atoms with E-state index in [1.807, 2.05) is 32.6 Å². The molecule has 0 aromatic heterocycles. The van der Waals surface area contributed by atoms with Crippen molar-refractivity contribution in [2.45, 2.75) is 90.7 Å². The van der Waals surface area contributed by atoms with Crippen LogP contribution in [0.25, 0.3) is 0 Å². The van der Waals surface area contributed by atoms with Crippen LogP contribution >= 0.6 is 0 Å². The third kappa shape index (κ3) is 4.34. The van der Waals surface area contributed by atoms with Crippen LogP contribution in [0.1, 0.15) is 79.1 Å². The molecule has 4 rings (SSSR count). The monoisotopic (exact) mass is 418 g/mol. The van der Waals surface area contributed by atoms with E-state index in [9.17, 15) is 9.59 Å². The fourth-order valence-electron chi connectivity index (χ4n) is 6.59. The molecule has 2 heterocycles. The zero-order chi connectivity index (χ0) is 21.5. The maximum Gasteiger partial charge on any atom is 0.225 e. The molecule has 0 bridgehead atoms. The predicted molar refractivity (Wildman–Crippen MR) is 118 cm³/mol. The molecular formula is C25H42N2O3. The van der Waals surface area contributed by atoms with E-state index in [1.165, 1.54) is 25.7 Å². The van der Waals surface area contributed by atoms with E-state index >= 15 is 0 Å². The minimum absolute atomic E-state index is 0.0670. The number of hydrogen-bond donors (Lipinski definition) is 0. The van der Waals surface area contributed by atoms with Crippen LogP contribution in [0.2, 0.25) is 0 Å². The molecule has 0 atom stereocenters. The van der Waals surface area contributed by atoms with Gasteiger partial charge in [-0.1, -0.05) is 27.7 Å². The highest BCUT2D eigenvalue weighted by Gasteiger charge is 2.50. The van der Waals surface area contributed by atoms with Gasteiger partial charge in [-0.15, -0.1) is 0 Å². The molecule has 30 heavy (non-hydrogen) atoms. The Balaban J connectivity index is 1.24. The Morgan fingerprint density at radius 1 is 0.900 bits per heavy atom. The Labute approximate surface area is 182 Å². The van der Waals surface area contributed by atoms with Crippen molar-refractivity contribution in [3.8, 4) is 0 Å². The highest BCUT2D eigenvalue weighted by Crippen LogP contribution is 2.55. The third-order valence-electron chi connectivity index (χ3n) is 8.63. The maximum absolute atomic E-state index is 12.5. The summed E-state index contributed by atoms with van der Waals surface area (Å²) in [5, 5.41) is 0. The van der Waals surface area contributed by atoms with Crippen LogP contribution in [0.15, 0.2) is 0 Å². The Bertz CT molecular complexity index is 635. The molecule has 170 valence electrons. The molecule has 2 saturated heterocycles. The molecule has 0 N–H and O–H groups in total. The highest BCUT2D eigenvalue weighted by atomic mass is 16.5. The lowest BCUT2D eigenvalue weighted by molar-refractivity contribution is -0.166. The van der Waals surface area contributed by atoms with Crippen molar-refractivity contribution in [3.05, 3.63) is 0 Å². The molecule has 0 radical (unpaired) electrons. The van der Waals surface area contributed by atoms with Gasteiger partial charge in [-0.05, 0) is 56.8 Å². The first-order valence-corrected chi connectivity index (χ1v) is 12.4. The summed E-state index contributed by atoms with van der Waals surface area (Å²) in [5.74, 6) is 1.33. The Hall–Kier alpha value is -0.940. The molecule has 0 aromatic carbocycles. The molecule has 1 amide bonds. The van der Waals surface area contributed by atoms with E-state index in [0.29, 0.717) is 23.7 Å². The highest BCUT2D eigenvalue weighted by molar-refractivity contribution is 5.82. The van der Waals surface area contributed by atoms with Crippen LogP contribution in [0.3, 0.4) is 0 Å². The number of amides is 1. The van der Waals surface area contributed by atoms with Gasteiger partial charge in [-0.3, -0.25) is 9.59 Å². The van der Waals surface area contributed by atoms with E-state index in [-0.39, 0.29) is 23.3 Å². The largest absolute Gasteiger partial charge is 0.371 e. The van der Waals surface area contributed by atoms with E-state index in [0.717, 1.165) is 57.9 Å². The summed E-state index contributed by atoms with van der Waals surface area (Å²) in [6.45, 7) is 12.5. The van der Waals surface area contributed by atoms with Gasteiger partial charge in [0.25, 0.3) is 0 Å². The number of Topliss-reactive ketones (excluding diaryl/α,β-unsaturated/α-hetero) is 1. The lowest BCUT2D eigenvalue weighted by atomic mass is 9.56. The number of hydrogen-bond acceptors (Lipinski definition) is 4. The van der Waals surface area contributed by atoms with Crippen LogP contribution < -0.4 is 0 Å². The number of rotatable bonds is 4. The SMILES string of the molecule is CC(C)C(=O)C1CCC2(CC1)CC(N1CCC3(CC1)CN(C(=O)C(C)C)CCO3)C2. The summed E-state index contributed by atoms with van der Waals surface area (Å²) in [4.78, 5) is 29.5. The third-order valence-corrected chi connectivity index (χ3v) is 8.63. The van der Waals surface area contributed by atoms with Crippen molar-refractivity contribution < 1.29 is 14.3 Å². The van der Waals surface area contributed by atoms with E-state index in [2.05, 4.69) is 4.90 Å². The topological polar surface area (TPSA) is 49.9 Å². The number of nitrogens with zero attached hydrogens (tertiary/aromatic N) is 2. The van der Waals surface area contributed by atoms with E-state index < -0.39 is 0 Å². The molecule has 5 nitrogen and oxygen atoms in total. The van der Waals surface area contributed by atoms with E-state index in [1.54, 1.807) is 0 Å². The summed E-state index contributed by atoms with van der Waals surface area (Å²) in [7, 11) is 0. The second-order valence-electron chi connectivity index (χ2n) is 11.4. The molecule has 2 saturated carbocycles. The molecular weight excluding hydrogens is 376 g/mol. The fourth-order valence-corrected chi connectivity index (χ4v) is 6.59. The molecule has 2 aliphatic heterocycles. The molecule has 0 aromatic rings. The predicted octanol–water partition coefficient (Wildman–Crippen LogP) is 3.90. The second kappa shape index (κ2) is 8.54. The normalized spacial score (nSPS) is 34.5. The summed E-state index contributed by atoms with van der Waals surface area (Å²) >= 11 is 0. The van der Waals surface area contributed by atoms with Gasteiger partial charge < -0.3 is 14.5 Å². The molecule has 0 unspecified atom stereocenters. The van der Waals surface area contributed by atoms with Crippen molar-refractivity contribution in [1.29, 1.82) is 0 Å². The van der Waals surface area contributed by atoms with Crippen molar-refractivity contribution in [3.63, 3.8) is 0 Å². The Morgan fingerprint density at radius 2 is 1.53 bits per heavy atom. The lowest BCUT2D eigenvalue weighted by Crippen LogP contribution is -2.61. The fraction of sp³-hybridized carbons (Fsp3) is 0.920. The van der Waals surface area contributed by atoms with Gasteiger partial charge in [0.05, 0.1) is 12.2 Å².